The van der Waals surface area contributed by atoms with Gasteiger partial charge in [0.05, 0.1) is 13.2 Å². The van der Waals surface area contributed by atoms with E-state index in [0.29, 0.717) is 5.92 Å². The molecule has 2 saturated heterocycles. The number of ether oxygens (including phenoxy) is 2. The van der Waals surface area contributed by atoms with Crippen LogP contribution in [0.4, 0.5) is 0 Å². The first-order valence-electron chi connectivity index (χ1n) is 7.20. The third-order valence-electron chi connectivity index (χ3n) is 4.10. The molecule has 5 heteroatoms. The number of guanidine groups is 1. The zero-order chi connectivity index (χ0) is 13.7. The molecule has 2 aliphatic rings. The molecule has 0 aromatic rings. The van der Waals surface area contributed by atoms with Crippen LogP contribution in [0.1, 0.15) is 19.8 Å². The van der Waals surface area contributed by atoms with Gasteiger partial charge in [-0.1, -0.05) is 6.92 Å². The molecule has 110 valence electrons. The lowest BCUT2D eigenvalue weighted by molar-refractivity contribution is 0.160. The molecule has 2 aliphatic heterocycles. The summed E-state index contributed by atoms with van der Waals surface area (Å²) < 4.78 is 10.9. The summed E-state index contributed by atoms with van der Waals surface area (Å²) in [5.74, 6) is 1.61. The van der Waals surface area contributed by atoms with Crippen LogP contribution >= 0.6 is 0 Å². The van der Waals surface area contributed by atoms with E-state index in [-0.39, 0.29) is 5.41 Å². The van der Waals surface area contributed by atoms with Crippen LogP contribution in [0.2, 0.25) is 0 Å². The van der Waals surface area contributed by atoms with Gasteiger partial charge in [0.25, 0.3) is 0 Å². The third kappa shape index (κ3) is 4.08. The summed E-state index contributed by atoms with van der Waals surface area (Å²) >= 11 is 0. The molecule has 5 nitrogen and oxygen atoms in total. The van der Waals surface area contributed by atoms with Crippen molar-refractivity contribution < 1.29 is 9.47 Å². The Morgan fingerprint density at radius 2 is 2.26 bits per heavy atom. The first-order valence-corrected chi connectivity index (χ1v) is 7.20. The van der Waals surface area contributed by atoms with Crippen molar-refractivity contribution in [3.63, 3.8) is 0 Å². The fourth-order valence-corrected chi connectivity index (χ4v) is 2.73. The van der Waals surface area contributed by atoms with Crippen molar-refractivity contribution in [3.8, 4) is 0 Å². The number of nitrogens with one attached hydrogen (secondary N) is 1. The summed E-state index contributed by atoms with van der Waals surface area (Å²) in [4.78, 5) is 6.58. The molecule has 0 spiro atoms. The molecule has 0 aliphatic carbocycles. The third-order valence-corrected chi connectivity index (χ3v) is 4.10. The monoisotopic (exact) mass is 269 g/mol. The fourth-order valence-electron chi connectivity index (χ4n) is 2.73. The lowest BCUT2D eigenvalue weighted by Gasteiger charge is -2.28. The molecule has 1 N–H and O–H groups in total. The molecule has 0 aromatic carbocycles. The number of hydrogen-bond donors (Lipinski definition) is 1. The molecular formula is C14H27N3O2. The van der Waals surface area contributed by atoms with Gasteiger partial charge in [0.1, 0.15) is 0 Å². The second-order valence-corrected chi connectivity index (χ2v) is 6.12. The molecule has 2 heterocycles. The second-order valence-electron chi connectivity index (χ2n) is 6.12. The van der Waals surface area contributed by atoms with Crippen molar-refractivity contribution in [2.75, 3.05) is 53.6 Å². The smallest absolute Gasteiger partial charge is 0.193 e. The van der Waals surface area contributed by atoms with Crippen molar-refractivity contribution >= 4 is 5.96 Å². The van der Waals surface area contributed by atoms with E-state index in [4.69, 9.17) is 9.47 Å². The quantitative estimate of drug-likeness (QED) is 0.610. The number of hydrogen-bond acceptors (Lipinski definition) is 3. The zero-order valence-corrected chi connectivity index (χ0v) is 12.4. The van der Waals surface area contributed by atoms with Crippen molar-refractivity contribution in [2.45, 2.75) is 19.8 Å². The summed E-state index contributed by atoms with van der Waals surface area (Å²) in [5, 5.41) is 3.48. The van der Waals surface area contributed by atoms with Crippen LogP contribution in [0.25, 0.3) is 0 Å². The van der Waals surface area contributed by atoms with Gasteiger partial charge >= 0.3 is 0 Å². The van der Waals surface area contributed by atoms with E-state index >= 15 is 0 Å². The van der Waals surface area contributed by atoms with Crippen molar-refractivity contribution in [1.82, 2.24) is 10.2 Å². The van der Waals surface area contributed by atoms with Crippen LogP contribution in [-0.4, -0.2) is 64.5 Å². The molecule has 2 rings (SSSR count). The van der Waals surface area contributed by atoms with Gasteiger partial charge in [0, 0.05) is 51.7 Å². The maximum absolute atomic E-state index is 5.48. The number of nitrogens with zero attached hydrogens (tertiary/aromatic N) is 2. The predicted octanol–water partition coefficient (Wildman–Crippen LogP) is 0.957. The van der Waals surface area contributed by atoms with Crippen molar-refractivity contribution in [3.05, 3.63) is 0 Å². The summed E-state index contributed by atoms with van der Waals surface area (Å²) in [6.45, 7) is 7.71. The molecule has 2 fully saturated rings. The Kier molecular flexibility index (Phi) is 5.05. The van der Waals surface area contributed by atoms with E-state index in [2.05, 4.69) is 29.2 Å². The molecule has 0 aromatic heterocycles. The first-order chi connectivity index (χ1) is 9.13. The standard InChI is InChI=1S/C14H27N3O2/c1-14(5-7-19-11-14)10-16-13(15-2)17(3)8-12-4-6-18-9-12/h12H,4-11H2,1-3H3,(H,15,16). The molecular weight excluding hydrogens is 242 g/mol. The van der Waals surface area contributed by atoms with Crippen LogP contribution in [0.3, 0.4) is 0 Å². The average Bonchev–Trinajstić information content (AvgIpc) is 3.02. The minimum absolute atomic E-state index is 0.243. The summed E-state index contributed by atoms with van der Waals surface area (Å²) in [5.41, 5.74) is 0.243. The van der Waals surface area contributed by atoms with E-state index in [0.717, 1.165) is 58.3 Å². The lowest BCUT2D eigenvalue weighted by atomic mass is 9.90. The minimum Gasteiger partial charge on any atom is -0.381 e. The zero-order valence-electron chi connectivity index (χ0n) is 12.4. The SMILES string of the molecule is CN=C(NCC1(C)CCOC1)N(C)CC1CCOC1. The molecule has 2 unspecified atom stereocenters. The molecule has 2 atom stereocenters. The maximum Gasteiger partial charge on any atom is 0.193 e. The van der Waals surface area contributed by atoms with Crippen LogP contribution in [0.5, 0.6) is 0 Å². The van der Waals surface area contributed by atoms with Crippen LogP contribution in [0.15, 0.2) is 4.99 Å². The minimum atomic E-state index is 0.243. The van der Waals surface area contributed by atoms with E-state index in [1.165, 1.54) is 0 Å². The van der Waals surface area contributed by atoms with Crippen LogP contribution in [-0.2, 0) is 9.47 Å². The van der Waals surface area contributed by atoms with Gasteiger partial charge in [-0.2, -0.15) is 0 Å². The van der Waals surface area contributed by atoms with Crippen LogP contribution < -0.4 is 5.32 Å². The highest BCUT2D eigenvalue weighted by Crippen LogP contribution is 2.26. The Morgan fingerprint density at radius 3 is 2.84 bits per heavy atom. The summed E-state index contributed by atoms with van der Waals surface area (Å²) in [6, 6.07) is 0. The number of rotatable bonds is 4. The second kappa shape index (κ2) is 6.57. The van der Waals surface area contributed by atoms with E-state index in [1.54, 1.807) is 0 Å². The maximum atomic E-state index is 5.48. The normalized spacial score (nSPS) is 31.7. The number of aliphatic imine (C=N–C) groups is 1. The molecule has 19 heavy (non-hydrogen) atoms. The predicted molar refractivity (Wildman–Crippen MR) is 76.5 cm³/mol. The average molecular weight is 269 g/mol. The Labute approximate surface area is 116 Å². The Morgan fingerprint density at radius 1 is 1.42 bits per heavy atom. The molecule has 0 amide bonds. The molecule has 0 saturated carbocycles. The first kappa shape index (κ1) is 14.6. The van der Waals surface area contributed by atoms with E-state index in [1.807, 2.05) is 7.05 Å². The Balaban J connectivity index is 1.78. The van der Waals surface area contributed by atoms with E-state index < -0.39 is 0 Å². The van der Waals surface area contributed by atoms with Gasteiger partial charge in [-0.15, -0.1) is 0 Å². The van der Waals surface area contributed by atoms with E-state index in [9.17, 15) is 0 Å². The van der Waals surface area contributed by atoms with Crippen LogP contribution in [0, 0.1) is 11.3 Å². The Hall–Kier alpha value is -0.810. The highest BCUT2D eigenvalue weighted by atomic mass is 16.5. The fraction of sp³-hybridized carbons (Fsp3) is 0.929. The highest BCUT2D eigenvalue weighted by Gasteiger charge is 2.30. The van der Waals surface area contributed by atoms with Crippen molar-refractivity contribution in [2.24, 2.45) is 16.3 Å². The summed E-state index contributed by atoms with van der Waals surface area (Å²) in [7, 11) is 3.94. The largest absolute Gasteiger partial charge is 0.381 e. The van der Waals surface area contributed by atoms with Gasteiger partial charge in [-0.25, -0.2) is 0 Å². The lowest BCUT2D eigenvalue weighted by Crippen LogP contribution is -2.45. The van der Waals surface area contributed by atoms with Gasteiger partial charge in [-0.3, -0.25) is 4.99 Å². The van der Waals surface area contributed by atoms with Gasteiger partial charge < -0.3 is 19.7 Å². The van der Waals surface area contributed by atoms with Crippen molar-refractivity contribution in [1.29, 1.82) is 0 Å². The highest BCUT2D eigenvalue weighted by molar-refractivity contribution is 5.79. The molecule has 0 bridgehead atoms. The van der Waals surface area contributed by atoms with Gasteiger partial charge in [-0.05, 0) is 12.8 Å². The Bertz CT molecular complexity index is 308. The van der Waals surface area contributed by atoms with Gasteiger partial charge in [0.15, 0.2) is 5.96 Å². The molecule has 0 radical (unpaired) electrons. The van der Waals surface area contributed by atoms with Gasteiger partial charge in [0.2, 0.25) is 0 Å². The summed E-state index contributed by atoms with van der Waals surface area (Å²) in [6.07, 6.45) is 2.28. The topological polar surface area (TPSA) is 46.1 Å².